The molecule has 110 valence electrons. The van der Waals surface area contributed by atoms with Crippen LogP contribution in [0.2, 0.25) is 0 Å². The molecule has 2 heterocycles. The first-order valence-corrected chi connectivity index (χ1v) is 8.68. The molecule has 2 unspecified atom stereocenters. The van der Waals surface area contributed by atoms with Crippen molar-refractivity contribution in [1.29, 1.82) is 0 Å². The summed E-state index contributed by atoms with van der Waals surface area (Å²) in [6.45, 7) is 5.71. The fraction of sp³-hybridized carbons (Fsp3) is 0.917. The van der Waals surface area contributed by atoms with Crippen LogP contribution < -0.4 is 5.73 Å². The van der Waals surface area contributed by atoms with Gasteiger partial charge in [-0.25, -0.2) is 8.42 Å². The second-order valence-corrected chi connectivity index (χ2v) is 7.77. The van der Waals surface area contributed by atoms with Gasteiger partial charge in [-0.05, 0) is 13.3 Å². The van der Waals surface area contributed by atoms with E-state index in [1.807, 2.05) is 4.90 Å². The Hall–Kier alpha value is -0.660. The molecule has 0 aromatic heterocycles. The second-order valence-electron chi connectivity index (χ2n) is 5.55. The van der Waals surface area contributed by atoms with E-state index < -0.39 is 9.84 Å². The van der Waals surface area contributed by atoms with Crippen LogP contribution in [0.5, 0.6) is 0 Å². The van der Waals surface area contributed by atoms with Crippen molar-refractivity contribution in [3.8, 4) is 0 Å². The third kappa shape index (κ3) is 3.46. The summed E-state index contributed by atoms with van der Waals surface area (Å²) in [5.41, 5.74) is 5.64. The number of carbonyl (C=O) groups is 1. The summed E-state index contributed by atoms with van der Waals surface area (Å²) >= 11 is 0. The quantitative estimate of drug-likeness (QED) is 0.714. The molecule has 2 N–H and O–H groups in total. The molecule has 6 nitrogen and oxygen atoms in total. The zero-order valence-electron chi connectivity index (χ0n) is 11.4. The molecular formula is C12H23N3O3S. The topological polar surface area (TPSA) is 83.7 Å². The highest BCUT2D eigenvalue weighted by Gasteiger charge is 2.36. The van der Waals surface area contributed by atoms with E-state index in [2.05, 4.69) is 11.8 Å². The lowest BCUT2D eigenvalue weighted by molar-refractivity contribution is -0.136. The minimum absolute atomic E-state index is 0.0149. The van der Waals surface area contributed by atoms with E-state index in [0.717, 1.165) is 13.1 Å². The Morgan fingerprint density at radius 2 is 1.95 bits per heavy atom. The molecule has 0 radical (unpaired) electrons. The van der Waals surface area contributed by atoms with Crippen LogP contribution in [0.4, 0.5) is 0 Å². The first kappa shape index (κ1) is 14.7. The van der Waals surface area contributed by atoms with Crippen LogP contribution in [0.15, 0.2) is 0 Å². The lowest BCUT2D eigenvalue weighted by Crippen LogP contribution is -2.54. The van der Waals surface area contributed by atoms with Crippen LogP contribution in [0, 0.1) is 5.92 Å². The lowest BCUT2D eigenvalue weighted by atomic mass is 10.1. The van der Waals surface area contributed by atoms with Gasteiger partial charge in [-0.15, -0.1) is 0 Å². The van der Waals surface area contributed by atoms with Gasteiger partial charge in [0.25, 0.3) is 0 Å². The highest BCUT2D eigenvalue weighted by atomic mass is 32.2. The molecule has 2 aliphatic rings. The highest BCUT2D eigenvalue weighted by Crippen LogP contribution is 2.21. The van der Waals surface area contributed by atoms with Gasteiger partial charge in [0.1, 0.15) is 0 Å². The Balaban J connectivity index is 1.86. The molecule has 2 rings (SSSR count). The number of nitrogens with two attached hydrogens (primary N) is 1. The summed E-state index contributed by atoms with van der Waals surface area (Å²) < 4.78 is 22.8. The van der Waals surface area contributed by atoms with Crippen LogP contribution >= 0.6 is 0 Å². The van der Waals surface area contributed by atoms with E-state index in [-0.39, 0.29) is 23.3 Å². The fourth-order valence-corrected chi connectivity index (χ4v) is 4.51. The molecule has 0 aromatic rings. The second kappa shape index (κ2) is 5.76. The van der Waals surface area contributed by atoms with Gasteiger partial charge in [0.05, 0.1) is 17.4 Å². The third-order valence-corrected chi connectivity index (χ3v) is 5.94. The van der Waals surface area contributed by atoms with Gasteiger partial charge >= 0.3 is 0 Å². The van der Waals surface area contributed by atoms with Gasteiger partial charge < -0.3 is 10.6 Å². The highest BCUT2D eigenvalue weighted by molar-refractivity contribution is 7.91. The predicted molar refractivity (Wildman–Crippen MR) is 73.4 cm³/mol. The summed E-state index contributed by atoms with van der Waals surface area (Å²) in [6, 6.07) is 0.337. The summed E-state index contributed by atoms with van der Waals surface area (Å²) in [7, 11) is -2.98. The molecule has 2 saturated heterocycles. The number of carbonyl (C=O) groups excluding carboxylic acids is 1. The molecule has 19 heavy (non-hydrogen) atoms. The smallest absolute Gasteiger partial charge is 0.226 e. The van der Waals surface area contributed by atoms with E-state index in [9.17, 15) is 13.2 Å². The first-order valence-electron chi connectivity index (χ1n) is 6.86. The van der Waals surface area contributed by atoms with E-state index in [1.54, 1.807) is 0 Å². The largest absolute Gasteiger partial charge is 0.340 e. The minimum Gasteiger partial charge on any atom is -0.340 e. The lowest BCUT2D eigenvalue weighted by Gasteiger charge is -2.38. The van der Waals surface area contributed by atoms with Crippen molar-refractivity contribution in [3.63, 3.8) is 0 Å². The summed E-state index contributed by atoms with van der Waals surface area (Å²) in [5, 5.41) is 0. The number of hydrogen-bond acceptors (Lipinski definition) is 5. The molecule has 7 heteroatoms. The average Bonchev–Trinajstić information content (AvgIpc) is 2.77. The molecule has 2 atom stereocenters. The van der Waals surface area contributed by atoms with E-state index in [0.29, 0.717) is 32.1 Å². The third-order valence-electron chi connectivity index (χ3n) is 4.17. The molecule has 2 aliphatic heterocycles. The van der Waals surface area contributed by atoms with Gasteiger partial charge in [-0.1, -0.05) is 0 Å². The molecule has 0 bridgehead atoms. The molecule has 0 aromatic carbocycles. The Morgan fingerprint density at radius 3 is 2.42 bits per heavy atom. The van der Waals surface area contributed by atoms with Gasteiger partial charge in [-0.3, -0.25) is 9.69 Å². The van der Waals surface area contributed by atoms with E-state index >= 15 is 0 Å². The predicted octanol–water partition coefficient (Wildman–Crippen LogP) is -1.09. The van der Waals surface area contributed by atoms with Gasteiger partial charge in [0, 0.05) is 38.8 Å². The molecule has 1 amide bonds. The van der Waals surface area contributed by atoms with Crippen LogP contribution in [0.1, 0.15) is 13.3 Å². The van der Waals surface area contributed by atoms with E-state index in [1.165, 1.54) is 0 Å². The maximum atomic E-state index is 12.3. The zero-order chi connectivity index (χ0) is 14.0. The summed E-state index contributed by atoms with van der Waals surface area (Å²) in [6.07, 6.45) is 0.487. The van der Waals surface area contributed by atoms with Crippen molar-refractivity contribution < 1.29 is 13.2 Å². The number of rotatable bonds is 3. The van der Waals surface area contributed by atoms with Gasteiger partial charge in [-0.2, -0.15) is 0 Å². The minimum atomic E-state index is -2.98. The zero-order valence-corrected chi connectivity index (χ0v) is 12.2. The molecule has 0 aliphatic carbocycles. The molecule has 2 fully saturated rings. The first-order chi connectivity index (χ1) is 8.93. The van der Waals surface area contributed by atoms with Gasteiger partial charge in [0.15, 0.2) is 9.84 Å². The summed E-state index contributed by atoms with van der Waals surface area (Å²) in [4.78, 5) is 16.3. The number of piperazine rings is 1. The monoisotopic (exact) mass is 289 g/mol. The number of hydrogen-bond donors (Lipinski definition) is 1. The standard InChI is InChI=1S/C12H23N3O3S/c1-10(8-13)14-3-5-15(6-4-14)12(16)11-2-7-19(17,18)9-11/h10-11H,2-9,13H2,1H3. The summed E-state index contributed by atoms with van der Waals surface area (Å²) in [5.74, 6) is -0.108. The Kier molecular flexibility index (Phi) is 4.47. The SMILES string of the molecule is CC(CN)N1CCN(C(=O)C2CCS(=O)(=O)C2)CC1. The van der Waals surface area contributed by atoms with Crippen molar-refractivity contribution in [2.24, 2.45) is 11.7 Å². The molecule has 0 spiro atoms. The normalized spacial score (nSPS) is 29.4. The average molecular weight is 289 g/mol. The van der Waals surface area contributed by atoms with Crippen molar-refractivity contribution >= 4 is 15.7 Å². The van der Waals surface area contributed by atoms with E-state index in [4.69, 9.17) is 5.73 Å². The van der Waals surface area contributed by atoms with Crippen molar-refractivity contribution in [2.45, 2.75) is 19.4 Å². The Labute approximate surface area is 114 Å². The Morgan fingerprint density at radius 1 is 1.32 bits per heavy atom. The van der Waals surface area contributed by atoms with Crippen molar-refractivity contribution in [3.05, 3.63) is 0 Å². The maximum absolute atomic E-state index is 12.3. The number of nitrogens with zero attached hydrogens (tertiary/aromatic N) is 2. The molecular weight excluding hydrogens is 266 g/mol. The maximum Gasteiger partial charge on any atom is 0.226 e. The van der Waals surface area contributed by atoms with Crippen LogP contribution in [-0.2, 0) is 14.6 Å². The number of sulfone groups is 1. The van der Waals surface area contributed by atoms with Gasteiger partial charge in [0.2, 0.25) is 5.91 Å². The van der Waals surface area contributed by atoms with Crippen LogP contribution in [0.25, 0.3) is 0 Å². The number of amides is 1. The Bertz CT molecular complexity index is 430. The molecule has 0 saturated carbocycles. The van der Waals surface area contributed by atoms with Crippen LogP contribution in [-0.4, -0.2) is 74.4 Å². The van der Waals surface area contributed by atoms with Crippen LogP contribution in [0.3, 0.4) is 0 Å². The van der Waals surface area contributed by atoms with Crippen molar-refractivity contribution in [1.82, 2.24) is 9.80 Å². The fourth-order valence-electron chi connectivity index (χ4n) is 2.78. The van der Waals surface area contributed by atoms with Crippen molar-refractivity contribution in [2.75, 3.05) is 44.2 Å².